The molecule has 13 heteroatoms. The van der Waals surface area contributed by atoms with E-state index in [1.165, 1.54) is 22.1 Å². The highest BCUT2D eigenvalue weighted by Gasteiger charge is 2.40. The van der Waals surface area contributed by atoms with E-state index in [1.807, 2.05) is 0 Å². The van der Waals surface area contributed by atoms with Gasteiger partial charge >= 0.3 is 12.4 Å². The Kier molecular flexibility index (Phi) is 6.76. The van der Waals surface area contributed by atoms with E-state index in [9.17, 15) is 40.7 Å². The number of carbonyl (C=O) groups is 3. The average molecular weight is 517 g/mol. The minimum Gasteiger partial charge on any atom is -0.459 e. The summed E-state index contributed by atoms with van der Waals surface area (Å²) in [6, 6.07) is 4.29. The van der Waals surface area contributed by atoms with Gasteiger partial charge < -0.3 is 19.1 Å². The predicted octanol–water partition coefficient (Wildman–Crippen LogP) is 3.65. The van der Waals surface area contributed by atoms with E-state index in [0.717, 1.165) is 4.90 Å². The molecule has 0 radical (unpaired) electrons. The minimum absolute atomic E-state index is 0.0257. The molecule has 0 spiro atoms. The maximum absolute atomic E-state index is 13.1. The molecule has 0 N–H and O–H groups in total. The van der Waals surface area contributed by atoms with Crippen LogP contribution in [-0.4, -0.2) is 65.1 Å². The number of carbonyl (C=O) groups excluding carboxylic acids is 3. The van der Waals surface area contributed by atoms with E-state index < -0.39 is 41.8 Å². The molecular formula is C23H21F6N3O4. The Morgan fingerprint density at radius 1 is 0.917 bits per heavy atom. The van der Waals surface area contributed by atoms with Crippen molar-refractivity contribution < 1.29 is 45.1 Å². The van der Waals surface area contributed by atoms with Crippen LogP contribution in [0, 0.1) is 5.92 Å². The zero-order chi connectivity index (χ0) is 26.3. The Bertz CT molecular complexity index is 1110. The third kappa shape index (κ3) is 5.49. The number of furan rings is 1. The number of hydrogen-bond donors (Lipinski definition) is 0. The summed E-state index contributed by atoms with van der Waals surface area (Å²) in [5.41, 5.74) is -3.26. The molecule has 4 rings (SSSR count). The second-order valence-corrected chi connectivity index (χ2v) is 8.68. The molecule has 0 aliphatic carbocycles. The summed E-state index contributed by atoms with van der Waals surface area (Å²) in [6.45, 7) is 0.332. The lowest BCUT2D eigenvalue weighted by Crippen LogP contribution is -2.52. The van der Waals surface area contributed by atoms with Crippen molar-refractivity contribution in [1.82, 2.24) is 14.7 Å². The maximum atomic E-state index is 13.1. The normalized spacial score (nSPS) is 19.2. The molecule has 36 heavy (non-hydrogen) atoms. The van der Waals surface area contributed by atoms with Crippen LogP contribution in [0.1, 0.15) is 33.7 Å². The summed E-state index contributed by atoms with van der Waals surface area (Å²) in [5, 5.41) is 0. The van der Waals surface area contributed by atoms with E-state index in [4.69, 9.17) is 4.42 Å². The summed E-state index contributed by atoms with van der Waals surface area (Å²) in [5.74, 6) is -1.80. The van der Waals surface area contributed by atoms with Crippen LogP contribution in [-0.2, 0) is 28.5 Å². The third-order valence-electron chi connectivity index (χ3n) is 6.20. The topological polar surface area (TPSA) is 74.1 Å². The van der Waals surface area contributed by atoms with Crippen molar-refractivity contribution in [2.45, 2.75) is 25.3 Å². The lowest BCUT2D eigenvalue weighted by atomic mass is 10.0. The molecule has 0 unspecified atom stereocenters. The van der Waals surface area contributed by atoms with Crippen LogP contribution >= 0.6 is 0 Å². The van der Waals surface area contributed by atoms with Gasteiger partial charge in [-0.3, -0.25) is 14.4 Å². The van der Waals surface area contributed by atoms with Gasteiger partial charge in [0.1, 0.15) is 0 Å². The number of alkyl halides is 6. The smallest absolute Gasteiger partial charge is 0.416 e. The van der Waals surface area contributed by atoms with E-state index in [-0.39, 0.29) is 68.3 Å². The molecule has 7 nitrogen and oxygen atoms in total. The van der Waals surface area contributed by atoms with Crippen LogP contribution in [0.3, 0.4) is 0 Å². The van der Waals surface area contributed by atoms with Crippen molar-refractivity contribution in [3.05, 3.63) is 59.0 Å². The molecule has 2 aromatic rings. The zero-order valence-corrected chi connectivity index (χ0v) is 18.7. The number of halogens is 6. The number of hydrogen-bond acceptors (Lipinski definition) is 4. The first kappa shape index (κ1) is 25.6. The number of amides is 3. The fourth-order valence-corrected chi connectivity index (χ4v) is 4.37. The first-order chi connectivity index (χ1) is 16.8. The van der Waals surface area contributed by atoms with E-state index >= 15 is 0 Å². The number of piperazine rings is 1. The fourth-order valence-electron chi connectivity index (χ4n) is 4.37. The molecule has 2 fully saturated rings. The SMILES string of the molecule is O=C1C[C@@H](C(=O)N2CCN(C(=O)c3ccco3)CC2)CN1Cc1cc(C(F)(F)F)cc(C(F)(F)F)c1. The van der Waals surface area contributed by atoms with Crippen LogP contribution in [0.25, 0.3) is 0 Å². The minimum atomic E-state index is -5.00. The van der Waals surface area contributed by atoms with Gasteiger partial charge in [-0.1, -0.05) is 0 Å². The van der Waals surface area contributed by atoms with Gasteiger partial charge in [-0.25, -0.2) is 0 Å². The Balaban J connectivity index is 1.39. The quantitative estimate of drug-likeness (QED) is 0.581. The number of likely N-dealkylation sites (tertiary alicyclic amines) is 1. The molecule has 1 aromatic carbocycles. The Morgan fingerprint density at radius 2 is 1.50 bits per heavy atom. The first-order valence-electron chi connectivity index (χ1n) is 11.0. The maximum Gasteiger partial charge on any atom is 0.416 e. The van der Waals surface area contributed by atoms with E-state index in [0.29, 0.717) is 12.1 Å². The van der Waals surface area contributed by atoms with E-state index in [1.54, 1.807) is 6.07 Å². The average Bonchev–Trinajstić information content (AvgIpc) is 3.47. The predicted molar refractivity (Wildman–Crippen MR) is 111 cm³/mol. The highest BCUT2D eigenvalue weighted by molar-refractivity contribution is 5.92. The summed E-state index contributed by atoms with van der Waals surface area (Å²) in [7, 11) is 0. The van der Waals surface area contributed by atoms with Crippen molar-refractivity contribution in [2.75, 3.05) is 32.7 Å². The van der Waals surface area contributed by atoms with Crippen molar-refractivity contribution in [2.24, 2.45) is 5.92 Å². The first-order valence-corrected chi connectivity index (χ1v) is 11.0. The summed E-state index contributed by atoms with van der Waals surface area (Å²) in [4.78, 5) is 41.9. The lowest BCUT2D eigenvalue weighted by Gasteiger charge is -2.35. The summed E-state index contributed by atoms with van der Waals surface area (Å²) in [6.07, 6.45) is -8.82. The van der Waals surface area contributed by atoms with Gasteiger partial charge in [0.25, 0.3) is 5.91 Å². The number of benzene rings is 1. The highest BCUT2D eigenvalue weighted by atomic mass is 19.4. The monoisotopic (exact) mass is 517 g/mol. The van der Waals surface area contributed by atoms with E-state index in [2.05, 4.69) is 0 Å². The van der Waals surface area contributed by atoms with Crippen LogP contribution in [0.4, 0.5) is 26.3 Å². The third-order valence-corrected chi connectivity index (χ3v) is 6.20. The van der Waals surface area contributed by atoms with Gasteiger partial charge in [0.05, 0.1) is 23.3 Å². The Labute approximate surface area is 201 Å². The molecular weight excluding hydrogens is 496 g/mol. The highest BCUT2D eigenvalue weighted by Crippen LogP contribution is 2.37. The molecule has 2 aliphatic heterocycles. The molecule has 3 amide bonds. The van der Waals surface area contributed by atoms with Crippen molar-refractivity contribution in [3.8, 4) is 0 Å². The zero-order valence-electron chi connectivity index (χ0n) is 18.7. The van der Waals surface area contributed by atoms with Gasteiger partial charge in [0.15, 0.2) is 5.76 Å². The molecule has 1 atom stereocenters. The molecule has 0 saturated carbocycles. The second kappa shape index (κ2) is 9.51. The van der Waals surface area contributed by atoms with Crippen LogP contribution < -0.4 is 0 Å². The summed E-state index contributed by atoms with van der Waals surface area (Å²) < 4.78 is 83.9. The van der Waals surface area contributed by atoms with Gasteiger partial charge in [-0.15, -0.1) is 0 Å². The van der Waals surface area contributed by atoms with Gasteiger partial charge in [0, 0.05) is 45.7 Å². The van der Waals surface area contributed by atoms with Gasteiger partial charge in [-0.2, -0.15) is 26.3 Å². The number of nitrogens with zero attached hydrogens (tertiary/aromatic N) is 3. The molecule has 2 aliphatic rings. The second-order valence-electron chi connectivity index (χ2n) is 8.68. The van der Waals surface area contributed by atoms with Crippen molar-refractivity contribution >= 4 is 17.7 Å². The number of rotatable bonds is 4. The lowest BCUT2D eigenvalue weighted by molar-refractivity contribution is -0.143. The molecule has 3 heterocycles. The summed E-state index contributed by atoms with van der Waals surface area (Å²) >= 11 is 0. The molecule has 0 bridgehead atoms. The fraction of sp³-hybridized carbons (Fsp3) is 0.435. The van der Waals surface area contributed by atoms with Gasteiger partial charge in [0.2, 0.25) is 11.8 Å². The molecule has 1 aromatic heterocycles. The Hall–Kier alpha value is -3.51. The van der Waals surface area contributed by atoms with Crippen LogP contribution in [0.2, 0.25) is 0 Å². The Morgan fingerprint density at radius 3 is 2.03 bits per heavy atom. The molecule has 2 saturated heterocycles. The largest absolute Gasteiger partial charge is 0.459 e. The van der Waals surface area contributed by atoms with Gasteiger partial charge in [-0.05, 0) is 35.9 Å². The van der Waals surface area contributed by atoms with Crippen LogP contribution in [0.5, 0.6) is 0 Å². The van der Waals surface area contributed by atoms with Crippen LogP contribution in [0.15, 0.2) is 41.0 Å². The standard InChI is InChI=1S/C23H21F6N3O4/c24-22(25,26)16-8-14(9-17(11-16)23(27,28)29)12-32-13-15(10-19(32)33)20(34)30-3-5-31(6-4-30)21(35)18-2-1-7-36-18/h1-2,7-9,11,15H,3-6,10,12-13H2/t15-/m1/s1. The van der Waals surface area contributed by atoms with Crippen molar-refractivity contribution in [3.63, 3.8) is 0 Å². The van der Waals surface area contributed by atoms with Crippen molar-refractivity contribution in [1.29, 1.82) is 0 Å². The molecule has 194 valence electrons.